The molecule has 1 atom stereocenters. The molecule has 0 radical (unpaired) electrons. The fourth-order valence-corrected chi connectivity index (χ4v) is 3.03. The molecule has 1 aliphatic rings. The van der Waals surface area contributed by atoms with Crippen LogP contribution in [0.3, 0.4) is 0 Å². The lowest BCUT2D eigenvalue weighted by molar-refractivity contribution is -0.146. The number of carbonyl (C=O) groups is 1. The highest BCUT2D eigenvalue weighted by Gasteiger charge is 2.44. The molecule has 1 heterocycles. The van der Waals surface area contributed by atoms with E-state index >= 15 is 0 Å². The number of nitrogens with zero attached hydrogens (tertiary/aromatic N) is 2. The van der Waals surface area contributed by atoms with Crippen LogP contribution < -0.4 is 4.74 Å². The van der Waals surface area contributed by atoms with Crippen molar-refractivity contribution in [1.29, 1.82) is 0 Å². The van der Waals surface area contributed by atoms with Crippen LogP contribution in [-0.2, 0) is 15.3 Å². The summed E-state index contributed by atoms with van der Waals surface area (Å²) in [4.78, 5) is 12.1. The number of benzene rings is 2. The Morgan fingerprint density at radius 3 is 2.54 bits per heavy atom. The van der Waals surface area contributed by atoms with Crippen molar-refractivity contribution >= 4 is 27.7 Å². The molecule has 0 spiro atoms. The van der Waals surface area contributed by atoms with Crippen molar-refractivity contribution < 1.29 is 14.3 Å². The Labute approximate surface area is 149 Å². The molecule has 0 saturated heterocycles. The number of carbonyl (C=O) groups excluding carboxylic acids is 1. The van der Waals surface area contributed by atoms with Gasteiger partial charge in [0.15, 0.2) is 0 Å². The fourth-order valence-electron chi connectivity index (χ4n) is 2.63. The van der Waals surface area contributed by atoms with E-state index in [9.17, 15) is 4.79 Å². The van der Waals surface area contributed by atoms with Crippen molar-refractivity contribution in [3.05, 3.63) is 64.1 Å². The predicted octanol–water partition coefficient (Wildman–Crippen LogP) is 3.87. The lowest BCUT2D eigenvalue weighted by atomic mass is 10.0. The molecule has 6 heteroatoms. The minimum atomic E-state index is -1.00. The number of hydrazone groups is 1. The number of methoxy groups -OCH3 is 1. The van der Waals surface area contributed by atoms with Crippen LogP contribution in [0.15, 0.2) is 58.1 Å². The van der Waals surface area contributed by atoms with Crippen LogP contribution in [0, 0.1) is 0 Å². The number of ether oxygens (including phenoxy) is 2. The summed E-state index contributed by atoms with van der Waals surface area (Å²) in [6, 6.07) is 15.0. The van der Waals surface area contributed by atoms with Crippen molar-refractivity contribution in [2.24, 2.45) is 5.10 Å². The molecule has 24 heavy (non-hydrogen) atoms. The summed E-state index contributed by atoms with van der Waals surface area (Å²) in [6.45, 7) is 3.29. The first kappa shape index (κ1) is 16.5. The van der Waals surface area contributed by atoms with E-state index in [2.05, 4.69) is 21.0 Å². The van der Waals surface area contributed by atoms with E-state index in [-0.39, 0.29) is 5.91 Å². The Morgan fingerprint density at radius 2 is 1.96 bits per heavy atom. The summed E-state index contributed by atoms with van der Waals surface area (Å²) >= 11 is 3.44. The molecule has 0 aliphatic carbocycles. The van der Waals surface area contributed by atoms with E-state index in [0.717, 1.165) is 21.3 Å². The number of amides is 1. The summed E-state index contributed by atoms with van der Waals surface area (Å²) in [7, 11) is 1.61. The molecule has 0 unspecified atom stereocenters. The van der Waals surface area contributed by atoms with Crippen molar-refractivity contribution in [3.63, 3.8) is 0 Å². The van der Waals surface area contributed by atoms with Crippen LogP contribution in [0.4, 0.5) is 0 Å². The normalized spacial score (nSPS) is 19.7. The third kappa shape index (κ3) is 2.89. The highest BCUT2D eigenvalue weighted by Crippen LogP contribution is 2.37. The second kappa shape index (κ2) is 6.28. The summed E-state index contributed by atoms with van der Waals surface area (Å²) in [5.74, 6) is 0.950. The number of halogens is 1. The van der Waals surface area contributed by atoms with Crippen molar-refractivity contribution in [2.45, 2.75) is 19.6 Å². The summed E-state index contributed by atoms with van der Waals surface area (Å²) in [5.41, 5.74) is 0.607. The molecule has 3 rings (SSSR count). The van der Waals surface area contributed by atoms with Gasteiger partial charge in [0.05, 0.1) is 7.11 Å². The van der Waals surface area contributed by atoms with E-state index in [0.29, 0.717) is 5.90 Å². The molecular formula is C18H17BrN2O3. The summed E-state index contributed by atoms with van der Waals surface area (Å²) in [6.07, 6.45) is 0. The van der Waals surface area contributed by atoms with Crippen LogP contribution in [0.2, 0.25) is 0 Å². The first-order valence-electron chi connectivity index (χ1n) is 7.43. The van der Waals surface area contributed by atoms with Crippen LogP contribution in [-0.4, -0.2) is 23.9 Å². The predicted molar refractivity (Wildman–Crippen MR) is 94.6 cm³/mol. The second-order valence-corrected chi connectivity index (χ2v) is 6.48. The van der Waals surface area contributed by atoms with Gasteiger partial charge in [0.2, 0.25) is 17.5 Å². The van der Waals surface area contributed by atoms with Gasteiger partial charge in [0, 0.05) is 29.4 Å². The average Bonchev–Trinajstić information content (AvgIpc) is 2.94. The van der Waals surface area contributed by atoms with Gasteiger partial charge in [-0.25, -0.2) is 0 Å². The molecule has 2 aromatic rings. The maximum Gasteiger partial charge on any atom is 0.243 e. The zero-order valence-corrected chi connectivity index (χ0v) is 15.2. The largest absolute Gasteiger partial charge is 0.497 e. The maximum atomic E-state index is 12.1. The standard InChI is InChI=1S/C18H17BrN2O3/c1-12(22)21-18(2,14-7-9-16(23-3)10-8-14)24-17(20-21)13-5-4-6-15(19)11-13/h4-11H,1-3H3/t18-/m1/s1. The van der Waals surface area contributed by atoms with Crippen LogP contribution in [0.1, 0.15) is 25.0 Å². The molecule has 0 N–H and O–H groups in total. The zero-order chi connectivity index (χ0) is 17.3. The third-order valence-electron chi connectivity index (χ3n) is 3.89. The topological polar surface area (TPSA) is 51.1 Å². The molecule has 0 bridgehead atoms. The van der Waals surface area contributed by atoms with Gasteiger partial charge < -0.3 is 9.47 Å². The zero-order valence-electron chi connectivity index (χ0n) is 13.6. The smallest absolute Gasteiger partial charge is 0.243 e. The first-order valence-corrected chi connectivity index (χ1v) is 8.22. The highest BCUT2D eigenvalue weighted by atomic mass is 79.9. The minimum Gasteiger partial charge on any atom is -0.497 e. The van der Waals surface area contributed by atoms with Gasteiger partial charge in [-0.2, -0.15) is 5.01 Å². The number of rotatable bonds is 3. The third-order valence-corrected chi connectivity index (χ3v) is 4.38. The van der Waals surface area contributed by atoms with Crippen molar-refractivity contribution in [2.75, 3.05) is 7.11 Å². The molecule has 0 aromatic heterocycles. The van der Waals surface area contributed by atoms with E-state index in [1.807, 2.05) is 55.5 Å². The Bertz CT molecular complexity index is 804. The van der Waals surface area contributed by atoms with Gasteiger partial charge in [0.1, 0.15) is 5.75 Å². The molecule has 0 saturated carbocycles. The first-order chi connectivity index (χ1) is 11.4. The average molecular weight is 389 g/mol. The van der Waals surface area contributed by atoms with Gasteiger partial charge in [-0.1, -0.05) is 22.0 Å². The maximum absolute atomic E-state index is 12.1. The summed E-state index contributed by atoms with van der Waals surface area (Å²) in [5, 5.41) is 5.76. The number of hydrogen-bond acceptors (Lipinski definition) is 4. The van der Waals surface area contributed by atoms with Gasteiger partial charge in [-0.3, -0.25) is 4.79 Å². The van der Waals surface area contributed by atoms with Gasteiger partial charge in [0.25, 0.3) is 0 Å². The molecular weight excluding hydrogens is 372 g/mol. The van der Waals surface area contributed by atoms with Gasteiger partial charge in [-0.15, -0.1) is 5.10 Å². The van der Waals surface area contributed by atoms with E-state index in [4.69, 9.17) is 9.47 Å². The Balaban J connectivity index is 2.00. The second-order valence-electron chi connectivity index (χ2n) is 5.56. The van der Waals surface area contributed by atoms with Gasteiger partial charge in [-0.05, 0) is 42.5 Å². The molecule has 124 valence electrons. The molecule has 0 fully saturated rings. The minimum absolute atomic E-state index is 0.196. The monoisotopic (exact) mass is 388 g/mol. The fraction of sp³-hybridized carbons (Fsp3) is 0.222. The molecule has 1 amide bonds. The molecule has 5 nitrogen and oxygen atoms in total. The van der Waals surface area contributed by atoms with Crippen LogP contribution in [0.25, 0.3) is 0 Å². The van der Waals surface area contributed by atoms with E-state index < -0.39 is 5.72 Å². The van der Waals surface area contributed by atoms with E-state index in [1.54, 1.807) is 7.11 Å². The van der Waals surface area contributed by atoms with E-state index in [1.165, 1.54) is 11.9 Å². The molecule has 1 aliphatic heterocycles. The Kier molecular flexibility index (Phi) is 4.32. The molecule has 2 aromatic carbocycles. The van der Waals surface area contributed by atoms with Crippen LogP contribution in [0.5, 0.6) is 5.75 Å². The van der Waals surface area contributed by atoms with Gasteiger partial charge >= 0.3 is 0 Å². The highest BCUT2D eigenvalue weighted by molar-refractivity contribution is 9.10. The van der Waals surface area contributed by atoms with Crippen LogP contribution >= 0.6 is 15.9 Å². The lowest BCUT2D eigenvalue weighted by Crippen LogP contribution is -2.41. The summed E-state index contributed by atoms with van der Waals surface area (Å²) < 4.78 is 12.2. The Hall–Kier alpha value is -2.34. The number of hydrogen-bond donors (Lipinski definition) is 0. The van der Waals surface area contributed by atoms with Crippen molar-refractivity contribution in [3.8, 4) is 5.75 Å². The quantitative estimate of drug-likeness (QED) is 0.801. The SMILES string of the molecule is COc1ccc([C@@]2(C)OC(c3cccc(Br)c3)=NN2C(C)=O)cc1. The van der Waals surface area contributed by atoms with Crippen molar-refractivity contribution in [1.82, 2.24) is 5.01 Å². The lowest BCUT2D eigenvalue weighted by Gasteiger charge is -2.31. The Morgan fingerprint density at radius 1 is 1.25 bits per heavy atom.